The smallest absolute Gasteiger partial charge is 0.263 e. The molecule has 0 spiro atoms. The van der Waals surface area contributed by atoms with Crippen LogP contribution in [0.3, 0.4) is 0 Å². The van der Waals surface area contributed by atoms with Gasteiger partial charge in [0.2, 0.25) is 0 Å². The molecule has 116 valence electrons. The van der Waals surface area contributed by atoms with E-state index in [9.17, 15) is 9.59 Å². The lowest BCUT2D eigenvalue weighted by atomic mass is 10.2. The quantitative estimate of drug-likeness (QED) is 0.788. The zero-order chi connectivity index (χ0) is 15.4. The van der Waals surface area contributed by atoms with E-state index in [1.165, 1.54) is 24.2 Å². The van der Waals surface area contributed by atoms with Gasteiger partial charge in [0, 0.05) is 27.2 Å². The Morgan fingerprint density at radius 1 is 1.05 bits per heavy atom. The number of carbonyl (C=O) groups excluding carboxylic acids is 2. The number of nitrogen functional groups attached to an aromatic ring is 1. The van der Waals surface area contributed by atoms with E-state index in [4.69, 9.17) is 5.73 Å². The van der Waals surface area contributed by atoms with Gasteiger partial charge in [0.05, 0.1) is 11.3 Å². The second kappa shape index (κ2) is 6.80. The van der Waals surface area contributed by atoms with Crippen molar-refractivity contribution in [3.05, 3.63) is 10.4 Å². The zero-order valence-electron chi connectivity index (χ0n) is 12.5. The summed E-state index contributed by atoms with van der Waals surface area (Å²) in [5.41, 5.74) is 6.77. The Kier molecular flexibility index (Phi) is 5.06. The number of rotatable bonds is 3. The number of nitrogens with zero attached hydrogens (tertiary/aromatic N) is 1. The van der Waals surface area contributed by atoms with Gasteiger partial charge in [-0.3, -0.25) is 9.59 Å². The molecule has 1 saturated heterocycles. The minimum atomic E-state index is -0.247. The average Bonchev–Trinajstić information content (AvgIpc) is 2.69. The lowest BCUT2D eigenvalue weighted by Gasteiger charge is -2.22. The van der Waals surface area contributed by atoms with Crippen LogP contribution in [-0.4, -0.2) is 39.0 Å². The summed E-state index contributed by atoms with van der Waals surface area (Å²) >= 11 is 1.31. The van der Waals surface area contributed by atoms with Crippen molar-refractivity contribution in [1.29, 1.82) is 0 Å². The molecule has 2 heterocycles. The molecule has 4 N–H and O–H groups in total. The van der Waals surface area contributed by atoms with Gasteiger partial charge in [0.25, 0.3) is 11.8 Å². The van der Waals surface area contributed by atoms with Crippen LogP contribution < -0.4 is 21.3 Å². The topological polar surface area (TPSA) is 87.5 Å². The molecule has 1 aromatic rings. The van der Waals surface area contributed by atoms with Gasteiger partial charge in [-0.2, -0.15) is 0 Å². The van der Waals surface area contributed by atoms with Crippen molar-refractivity contribution >= 4 is 33.8 Å². The lowest BCUT2D eigenvalue weighted by Crippen LogP contribution is -2.27. The molecule has 0 radical (unpaired) electrons. The van der Waals surface area contributed by atoms with E-state index in [1.807, 2.05) is 0 Å². The average molecular weight is 310 g/mol. The van der Waals surface area contributed by atoms with Gasteiger partial charge in [-0.1, -0.05) is 12.8 Å². The first-order valence-corrected chi connectivity index (χ1v) is 8.03. The second-order valence-corrected chi connectivity index (χ2v) is 6.08. The molecule has 1 aromatic heterocycles. The minimum absolute atomic E-state index is 0.238. The standard InChI is InChI=1S/C14H22N4O2S/c1-16-12(19)9-10(15)11(13(20)17-2)21-14(9)18-7-5-3-4-6-8-18/h3-8,15H2,1-2H3,(H,16,19)(H,17,20). The number of hydrogen-bond acceptors (Lipinski definition) is 5. The monoisotopic (exact) mass is 310 g/mol. The molecule has 2 amide bonds. The molecule has 0 bridgehead atoms. The Bertz CT molecular complexity index is 533. The fourth-order valence-electron chi connectivity index (χ4n) is 2.55. The van der Waals surface area contributed by atoms with Crippen molar-refractivity contribution in [2.75, 3.05) is 37.8 Å². The summed E-state index contributed by atoms with van der Waals surface area (Å²) < 4.78 is 0. The van der Waals surface area contributed by atoms with Crippen molar-refractivity contribution in [3.8, 4) is 0 Å². The maximum Gasteiger partial charge on any atom is 0.263 e. The van der Waals surface area contributed by atoms with E-state index in [2.05, 4.69) is 15.5 Å². The summed E-state index contributed by atoms with van der Waals surface area (Å²) in [7, 11) is 3.14. The second-order valence-electron chi connectivity index (χ2n) is 5.08. The molecule has 7 heteroatoms. The Morgan fingerprint density at radius 2 is 1.62 bits per heavy atom. The van der Waals surface area contributed by atoms with Crippen LogP contribution in [0.15, 0.2) is 0 Å². The normalized spacial score (nSPS) is 15.4. The first-order chi connectivity index (χ1) is 10.1. The van der Waals surface area contributed by atoms with Gasteiger partial charge in [-0.15, -0.1) is 11.3 Å². The molecule has 0 aromatic carbocycles. The third kappa shape index (κ3) is 3.12. The molecule has 1 aliphatic heterocycles. The van der Waals surface area contributed by atoms with Crippen molar-refractivity contribution < 1.29 is 9.59 Å². The number of amides is 2. The fraction of sp³-hybridized carbons (Fsp3) is 0.571. The summed E-state index contributed by atoms with van der Waals surface area (Å²) in [6.07, 6.45) is 4.60. The Balaban J connectivity index is 2.46. The van der Waals surface area contributed by atoms with Gasteiger partial charge < -0.3 is 21.3 Å². The number of thiophene rings is 1. The van der Waals surface area contributed by atoms with E-state index in [-0.39, 0.29) is 17.5 Å². The van der Waals surface area contributed by atoms with Crippen LogP contribution in [0.4, 0.5) is 10.7 Å². The van der Waals surface area contributed by atoms with Gasteiger partial charge >= 0.3 is 0 Å². The maximum atomic E-state index is 12.2. The Morgan fingerprint density at radius 3 is 2.14 bits per heavy atom. The van der Waals surface area contributed by atoms with E-state index in [1.54, 1.807) is 14.1 Å². The molecule has 1 aliphatic rings. The van der Waals surface area contributed by atoms with Crippen molar-refractivity contribution in [2.45, 2.75) is 25.7 Å². The molecule has 6 nitrogen and oxygen atoms in total. The lowest BCUT2D eigenvalue weighted by molar-refractivity contribution is 0.0963. The molecule has 0 saturated carbocycles. The summed E-state index contributed by atoms with van der Waals surface area (Å²) in [6, 6.07) is 0. The fourth-order valence-corrected chi connectivity index (χ4v) is 3.77. The van der Waals surface area contributed by atoms with E-state index in [0.717, 1.165) is 30.9 Å². The first kappa shape index (κ1) is 15.6. The van der Waals surface area contributed by atoms with Crippen LogP contribution in [0, 0.1) is 0 Å². The number of anilines is 2. The SMILES string of the molecule is CNC(=O)c1sc(N2CCCCCC2)c(C(=O)NC)c1N. The molecule has 1 fully saturated rings. The molecule has 2 rings (SSSR count). The molecular formula is C14H22N4O2S. The molecule has 21 heavy (non-hydrogen) atoms. The highest BCUT2D eigenvalue weighted by Crippen LogP contribution is 2.39. The molecule has 0 unspecified atom stereocenters. The van der Waals surface area contributed by atoms with Crippen molar-refractivity contribution in [1.82, 2.24) is 10.6 Å². The third-order valence-electron chi connectivity index (χ3n) is 3.71. The van der Waals surface area contributed by atoms with Crippen LogP contribution in [0.5, 0.6) is 0 Å². The van der Waals surface area contributed by atoms with Gasteiger partial charge in [0.15, 0.2) is 0 Å². The Hall–Kier alpha value is -1.76. The van der Waals surface area contributed by atoms with Crippen LogP contribution in [0.2, 0.25) is 0 Å². The van der Waals surface area contributed by atoms with Gasteiger partial charge in [-0.25, -0.2) is 0 Å². The molecular weight excluding hydrogens is 288 g/mol. The highest BCUT2D eigenvalue weighted by molar-refractivity contribution is 7.19. The number of nitrogens with one attached hydrogen (secondary N) is 2. The zero-order valence-corrected chi connectivity index (χ0v) is 13.3. The summed E-state index contributed by atoms with van der Waals surface area (Å²) in [4.78, 5) is 26.7. The van der Waals surface area contributed by atoms with Crippen LogP contribution in [0.1, 0.15) is 45.7 Å². The largest absolute Gasteiger partial charge is 0.397 e. The predicted molar refractivity (Wildman–Crippen MR) is 86.2 cm³/mol. The third-order valence-corrected chi connectivity index (χ3v) is 4.97. The highest BCUT2D eigenvalue weighted by Gasteiger charge is 2.27. The molecule has 0 aliphatic carbocycles. The van der Waals surface area contributed by atoms with E-state index in [0.29, 0.717) is 10.4 Å². The number of hydrogen-bond donors (Lipinski definition) is 3. The predicted octanol–water partition coefficient (Wildman–Crippen LogP) is 1.43. The number of carbonyl (C=O) groups is 2. The van der Waals surface area contributed by atoms with Crippen LogP contribution >= 0.6 is 11.3 Å². The van der Waals surface area contributed by atoms with Gasteiger partial charge in [0.1, 0.15) is 9.88 Å². The van der Waals surface area contributed by atoms with E-state index >= 15 is 0 Å². The van der Waals surface area contributed by atoms with Crippen molar-refractivity contribution in [2.24, 2.45) is 0 Å². The number of nitrogens with two attached hydrogens (primary N) is 1. The highest BCUT2D eigenvalue weighted by atomic mass is 32.1. The molecule has 0 atom stereocenters. The Labute approximate surface area is 128 Å². The van der Waals surface area contributed by atoms with Crippen LogP contribution in [-0.2, 0) is 0 Å². The summed E-state index contributed by atoms with van der Waals surface area (Å²) in [5, 5.41) is 6.01. The first-order valence-electron chi connectivity index (χ1n) is 7.21. The summed E-state index contributed by atoms with van der Waals surface area (Å²) in [5.74, 6) is -0.484. The van der Waals surface area contributed by atoms with Gasteiger partial charge in [-0.05, 0) is 12.8 Å². The summed E-state index contributed by atoms with van der Waals surface area (Å²) in [6.45, 7) is 1.80. The maximum absolute atomic E-state index is 12.2. The van der Waals surface area contributed by atoms with Crippen molar-refractivity contribution in [3.63, 3.8) is 0 Å². The van der Waals surface area contributed by atoms with Crippen LogP contribution in [0.25, 0.3) is 0 Å². The minimum Gasteiger partial charge on any atom is -0.397 e. The van der Waals surface area contributed by atoms with E-state index < -0.39 is 0 Å².